The van der Waals surface area contributed by atoms with Crippen molar-refractivity contribution in [3.05, 3.63) is 29.6 Å². The highest BCUT2D eigenvalue weighted by Gasteiger charge is 2.35. The summed E-state index contributed by atoms with van der Waals surface area (Å²) in [6.45, 7) is 0.861. The van der Waals surface area contributed by atoms with Crippen molar-refractivity contribution in [2.75, 3.05) is 13.1 Å². The molecule has 0 bridgehead atoms. The SMILES string of the molecule is O=C(c1cc(C(F)(F)F)[nH]n1)N1CCC[C@H](c2ncn[nH]2)C1. The van der Waals surface area contributed by atoms with E-state index < -0.39 is 17.8 Å². The van der Waals surface area contributed by atoms with Gasteiger partial charge in [0.1, 0.15) is 17.8 Å². The first-order valence-electron chi connectivity index (χ1n) is 6.72. The molecule has 0 unspecified atom stereocenters. The Morgan fingerprint density at radius 2 is 2.18 bits per heavy atom. The minimum absolute atomic E-state index is 0.00114. The van der Waals surface area contributed by atoms with Crippen LogP contribution in [-0.2, 0) is 6.18 Å². The van der Waals surface area contributed by atoms with Gasteiger partial charge in [-0.2, -0.15) is 23.4 Å². The third kappa shape index (κ3) is 2.81. The molecule has 0 radical (unpaired) electrons. The molecule has 118 valence electrons. The lowest BCUT2D eigenvalue weighted by Gasteiger charge is -2.31. The van der Waals surface area contributed by atoms with Gasteiger partial charge < -0.3 is 4.90 Å². The van der Waals surface area contributed by atoms with Gasteiger partial charge in [-0.05, 0) is 12.8 Å². The highest BCUT2D eigenvalue weighted by atomic mass is 19.4. The maximum Gasteiger partial charge on any atom is 0.432 e. The summed E-state index contributed by atoms with van der Waals surface area (Å²) in [6, 6.07) is 0.737. The average Bonchev–Trinajstić information content (AvgIpc) is 3.17. The van der Waals surface area contributed by atoms with Crippen LogP contribution in [0.15, 0.2) is 12.4 Å². The van der Waals surface area contributed by atoms with Gasteiger partial charge in [0.2, 0.25) is 0 Å². The van der Waals surface area contributed by atoms with E-state index in [0.717, 1.165) is 18.9 Å². The van der Waals surface area contributed by atoms with E-state index in [4.69, 9.17) is 0 Å². The van der Waals surface area contributed by atoms with Crippen molar-refractivity contribution in [1.29, 1.82) is 0 Å². The molecule has 0 aliphatic carbocycles. The third-order valence-corrected chi connectivity index (χ3v) is 3.63. The van der Waals surface area contributed by atoms with E-state index in [1.165, 1.54) is 11.2 Å². The number of piperidine rings is 1. The van der Waals surface area contributed by atoms with Gasteiger partial charge in [-0.1, -0.05) is 0 Å². The number of halogens is 3. The summed E-state index contributed by atoms with van der Waals surface area (Å²) in [7, 11) is 0. The molecule has 0 saturated carbocycles. The number of rotatable bonds is 2. The Labute approximate surface area is 122 Å². The van der Waals surface area contributed by atoms with Gasteiger partial charge in [0.25, 0.3) is 5.91 Å². The molecule has 7 nitrogen and oxygen atoms in total. The molecule has 3 heterocycles. The maximum absolute atomic E-state index is 12.5. The molecule has 2 aromatic heterocycles. The third-order valence-electron chi connectivity index (χ3n) is 3.63. The normalized spacial score (nSPS) is 19.4. The Hall–Kier alpha value is -2.39. The number of carbonyl (C=O) groups is 1. The molecule has 0 aromatic carbocycles. The number of nitrogens with zero attached hydrogens (tertiary/aromatic N) is 4. The summed E-state index contributed by atoms with van der Waals surface area (Å²) < 4.78 is 37.6. The zero-order chi connectivity index (χ0) is 15.7. The Bertz CT molecular complexity index is 650. The fraction of sp³-hybridized carbons (Fsp3) is 0.500. The average molecular weight is 314 g/mol. The topological polar surface area (TPSA) is 90.6 Å². The number of hydrogen-bond acceptors (Lipinski definition) is 4. The predicted molar refractivity (Wildman–Crippen MR) is 67.9 cm³/mol. The van der Waals surface area contributed by atoms with E-state index in [-0.39, 0.29) is 11.6 Å². The summed E-state index contributed by atoms with van der Waals surface area (Å²) in [6.07, 6.45) is -1.57. The fourth-order valence-corrected chi connectivity index (χ4v) is 2.53. The summed E-state index contributed by atoms with van der Waals surface area (Å²) >= 11 is 0. The lowest BCUT2D eigenvalue weighted by molar-refractivity contribution is -0.141. The van der Waals surface area contributed by atoms with Crippen molar-refractivity contribution in [2.24, 2.45) is 0 Å². The van der Waals surface area contributed by atoms with Crippen LogP contribution in [0, 0.1) is 0 Å². The summed E-state index contributed by atoms with van der Waals surface area (Å²) in [5.74, 6) is 0.160. The first kappa shape index (κ1) is 14.5. The molecule has 1 saturated heterocycles. The summed E-state index contributed by atoms with van der Waals surface area (Å²) in [5, 5.41) is 11.9. The molecule has 2 N–H and O–H groups in total. The molecule has 1 fully saturated rings. The van der Waals surface area contributed by atoms with Gasteiger partial charge in [-0.15, -0.1) is 0 Å². The van der Waals surface area contributed by atoms with Gasteiger partial charge in [-0.25, -0.2) is 4.98 Å². The number of likely N-dealkylation sites (tertiary alicyclic amines) is 1. The zero-order valence-electron chi connectivity index (χ0n) is 11.4. The second-order valence-electron chi connectivity index (χ2n) is 5.13. The van der Waals surface area contributed by atoms with E-state index in [0.29, 0.717) is 18.9 Å². The Morgan fingerprint density at radius 1 is 1.36 bits per heavy atom. The van der Waals surface area contributed by atoms with Crippen LogP contribution < -0.4 is 0 Å². The van der Waals surface area contributed by atoms with E-state index in [9.17, 15) is 18.0 Å². The van der Waals surface area contributed by atoms with Crippen molar-refractivity contribution >= 4 is 5.91 Å². The smallest absolute Gasteiger partial charge is 0.337 e. The molecule has 0 spiro atoms. The van der Waals surface area contributed by atoms with Gasteiger partial charge in [-0.3, -0.25) is 15.0 Å². The van der Waals surface area contributed by atoms with Gasteiger partial charge >= 0.3 is 6.18 Å². The Balaban J connectivity index is 1.73. The summed E-state index contributed by atoms with van der Waals surface area (Å²) in [4.78, 5) is 17.8. The molecule has 2 aromatic rings. The maximum atomic E-state index is 12.5. The quantitative estimate of drug-likeness (QED) is 0.880. The van der Waals surface area contributed by atoms with Crippen molar-refractivity contribution in [3.8, 4) is 0 Å². The van der Waals surface area contributed by atoms with Crippen LogP contribution in [0.1, 0.15) is 40.8 Å². The van der Waals surface area contributed by atoms with Crippen molar-refractivity contribution in [2.45, 2.75) is 24.9 Å². The van der Waals surface area contributed by atoms with E-state index in [1.54, 1.807) is 0 Å². The highest BCUT2D eigenvalue weighted by Crippen LogP contribution is 2.29. The molecule has 3 rings (SSSR count). The van der Waals surface area contributed by atoms with Crippen LogP contribution in [-0.4, -0.2) is 49.3 Å². The Kier molecular flexibility index (Phi) is 3.59. The van der Waals surface area contributed by atoms with E-state index in [1.807, 2.05) is 5.10 Å². The lowest BCUT2D eigenvalue weighted by Crippen LogP contribution is -2.39. The number of alkyl halides is 3. The molecule has 1 aliphatic rings. The number of nitrogens with one attached hydrogen (secondary N) is 2. The number of amides is 1. The van der Waals surface area contributed by atoms with Gasteiger partial charge in [0.05, 0.1) is 0 Å². The highest BCUT2D eigenvalue weighted by molar-refractivity contribution is 5.92. The monoisotopic (exact) mass is 314 g/mol. The van der Waals surface area contributed by atoms with Crippen LogP contribution in [0.2, 0.25) is 0 Å². The van der Waals surface area contributed by atoms with Gasteiger partial charge in [0, 0.05) is 25.1 Å². The lowest BCUT2D eigenvalue weighted by atomic mass is 9.97. The molecule has 1 amide bonds. The second-order valence-corrected chi connectivity index (χ2v) is 5.13. The van der Waals surface area contributed by atoms with Crippen LogP contribution in [0.5, 0.6) is 0 Å². The minimum atomic E-state index is -4.55. The first-order chi connectivity index (χ1) is 10.4. The number of aromatic nitrogens is 5. The van der Waals surface area contributed by atoms with Crippen LogP contribution >= 0.6 is 0 Å². The zero-order valence-corrected chi connectivity index (χ0v) is 11.4. The predicted octanol–water partition coefficient (Wildman–Crippen LogP) is 1.57. The summed E-state index contributed by atoms with van der Waals surface area (Å²) in [5.41, 5.74) is -1.26. The molecular formula is C12H13F3N6O. The molecule has 1 atom stereocenters. The van der Waals surface area contributed by atoms with Crippen molar-refractivity contribution in [1.82, 2.24) is 30.3 Å². The standard InChI is InChI=1S/C12H13F3N6O/c13-12(14,15)9-4-8(18-19-9)11(22)21-3-1-2-7(5-21)10-16-6-17-20-10/h4,6-7H,1-3,5H2,(H,18,19)(H,16,17,20)/t7-/m0/s1. The minimum Gasteiger partial charge on any atom is -0.337 e. The number of carbonyl (C=O) groups excluding carboxylic acids is 1. The number of H-pyrrole nitrogens is 2. The van der Waals surface area contributed by atoms with Crippen LogP contribution in [0.25, 0.3) is 0 Å². The second kappa shape index (κ2) is 5.43. The fourth-order valence-electron chi connectivity index (χ4n) is 2.53. The van der Waals surface area contributed by atoms with Gasteiger partial charge in [0.15, 0.2) is 5.69 Å². The molecule has 22 heavy (non-hydrogen) atoms. The van der Waals surface area contributed by atoms with Crippen molar-refractivity contribution in [3.63, 3.8) is 0 Å². The molecule has 10 heteroatoms. The van der Waals surface area contributed by atoms with E-state index >= 15 is 0 Å². The number of aromatic amines is 2. The molecular weight excluding hydrogens is 301 g/mol. The van der Waals surface area contributed by atoms with Crippen LogP contribution in [0.3, 0.4) is 0 Å². The number of hydrogen-bond donors (Lipinski definition) is 2. The van der Waals surface area contributed by atoms with E-state index in [2.05, 4.69) is 20.3 Å². The Morgan fingerprint density at radius 3 is 2.82 bits per heavy atom. The largest absolute Gasteiger partial charge is 0.432 e. The van der Waals surface area contributed by atoms with Crippen molar-refractivity contribution < 1.29 is 18.0 Å². The van der Waals surface area contributed by atoms with Crippen LogP contribution in [0.4, 0.5) is 13.2 Å². The molecule has 1 aliphatic heterocycles. The first-order valence-corrected chi connectivity index (χ1v) is 6.72.